The SMILES string of the molecule is CCOC(=O)c1cc(NS(=O)(=O)Cc2ccc(Cl)c(Cl)c2)ccc1Cl. The van der Waals surface area contributed by atoms with Gasteiger partial charge in [-0.05, 0) is 42.8 Å². The average Bonchev–Trinajstić information content (AvgIpc) is 2.52. The fourth-order valence-electron chi connectivity index (χ4n) is 2.02. The number of ether oxygens (including phenoxy) is 1. The van der Waals surface area contributed by atoms with Crippen molar-refractivity contribution in [3.8, 4) is 0 Å². The van der Waals surface area contributed by atoms with Crippen molar-refractivity contribution in [2.24, 2.45) is 0 Å². The molecular formula is C16H14Cl3NO4S. The van der Waals surface area contributed by atoms with Crippen molar-refractivity contribution in [1.29, 1.82) is 0 Å². The van der Waals surface area contributed by atoms with Crippen molar-refractivity contribution >= 4 is 56.5 Å². The highest BCUT2D eigenvalue weighted by atomic mass is 35.5. The van der Waals surface area contributed by atoms with Gasteiger partial charge in [-0.2, -0.15) is 0 Å². The molecule has 0 aromatic heterocycles. The molecule has 134 valence electrons. The molecule has 0 bridgehead atoms. The maximum absolute atomic E-state index is 12.3. The lowest BCUT2D eigenvalue weighted by atomic mass is 10.2. The number of benzene rings is 2. The van der Waals surface area contributed by atoms with Gasteiger partial charge in [0.2, 0.25) is 10.0 Å². The predicted octanol–water partition coefficient (Wildman–Crippen LogP) is 4.77. The van der Waals surface area contributed by atoms with Crippen molar-refractivity contribution < 1.29 is 17.9 Å². The number of sulfonamides is 1. The van der Waals surface area contributed by atoms with E-state index in [0.29, 0.717) is 10.6 Å². The van der Waals surface area contributed by atoms with E-state index in [1.807, 2.05) is 0 Å². The van der Waals surface area contributed by atoms with Crippen LogP contribution < -0.4 is 4.72 Å². The quantitative estimate of drug-likeness (QED) is 0.681. The number of rotatable bonds is 6. The highest BCUT2D eigenvalue weighted by Gasteiger charge is 2.16. The van der Waals surface area contributed by atoms with Crippen LogP contribution in [0.2, 0.25) is 15.1 Å². The van der Waals surface area contributed by atoms with Crippen molar-refractivity contribution in [3.05, 3.63) is 62.6 Å². The topological polar surface area (TPSA) is 72.5 Å². The van der Waals surface area contributed by atoms with E-state index in [-0.39, 0.29) is 33.7 Å². The Balaban J connectivity index is 2.21. The third-order valence-corrected chi connectivity index (χ3v) is 5.40. The molecule has 9 heteroatoms. The van der Waals surface area contributed by atoms with Crippen molar-refractivity contribution in [3.63, 3.8) is 0 Å². The lowest BCUT2D eigenvalue weighted by Gasteiger charge is -2.11. The minimum absolute atomic E-state index is 0.0817. The summed E-state index contributed by atoms with van der Waals surface area (Å²) in [5.41, 5.74) is 0.757. The number of nitrogens with one attached hydrogen (secondary N) is 1. The Morgan fingerprint density at radius 1 is 1.04 bits per heavy atom. The standard InChI is InChI=1S/C16H14Cl3NO4S/c1-2-24-16(21)12-8-11(4-6-13(12)17)20-25(22,23)9-10-3-5-14(18)15(19)7-10/h3-8,20H,2,9H2,1H3. The lowest BCUT2D eigenvalue weighted by molar-refractivity contribution is 0.0526. The molecule has 0 amide bonds. The first-order chi connectivity index (χ1) is 11.7. The molecule has 0 aliphatic carbocycles. The molecule has 0 atom stereocenters. The zero-order valence-corrected chi connectivity index (χ0v) is 16.1. The monoisotopic (exact) mass is 421 g/mol. The molecule has 0 saturated carbocycles. The first-order valence-corrected chi connectivity index (χ1v) is 9.91. The zero-order valence-electron chi connectivity index (χ0n) is 13.1. The van der Waals surface area contributed by atoms with E-state index >= 15 is 0 Å². The summed E-state index contributed by atoms with van der Waals surface area (Å²) >= 11 is 17.7. The van der Waals surface area contributed by atoms with Crippen LogP contribution >= 0.6 is 34.8 Å². The third-order valence-electron chi connectivity index (χ3n) is 3.08. The molecule has 5 nitrogen and oxygen atoms in total. The molecule has 0 spiro atoms. The molecule has 0 aliphatic rings. The minimum Gasteiger partial charge on any atom is -0.462 e. The number of halogens is 3. The van der Waals surface area contributed by atoms with Gasteiger partial charge in [0.05, 0.1) is 33.0 Å². The van der Waals surface area contributed by atoms with Crippen LogP contribution in [-0.2, 0) is 20.5 Å². The number of anilines is 1. The Hall–Kier alpha value is -1.47. The summed E-state index contributed by atoms with van der Waals surface area (Å²) in [4.78, 5) is 11.8. The van der Waals surface area contributed by atoms with E-state index in [0.717, 1.165) is 0 Å². The van der Waals surface area contributed by atoms with Crippen molar-refractivity contribution in [1.82, 2.24) is 0 Å². The van der Waals surface area contributed by atoms with Gasteiger partial charge < -0.3 is 4.74 Å². The zero-order chi connectivity index (χ0) is 18.6. The van der Waals surface area contributed by atoms with Crippen LogP contribution in [0.25, 0.3) is 0 Å². The van der Waals surface area contributed by atoms with E-state index in [4.69, 9.17) is 39.5 Å². The minimum atomic E-state index is -3.73. The highest BCUT2D eigenvalue weighted by Crippen LogP contribution is 2.25. The number of hydrogen-bond donors (Lipinski definition) is 1. The second-order valence-electron chi connectivity index (χ2n) is 5.02. The number of carbonyl (C=O) groups is 1. The van der Waals surface area contributed by atoms with Gasteiger partial charge in [0.15, 0.2) is 0 Å². The van der Waals surface area contributed by atoms with Gasteiger partial charge in [-0.25, -0.2) is 13.2 Å². The van der Waals surface area contributed by atoms with E-state index in [2.05, 4.69) is 4.72 Å². The molecule has 0 fully saturated rings. The van der Waals surface area contributed by atoms with Crippen LogP contribution in [0.5, 0.6) is 0 Å². The van der Waals surface area contributed by atoms with E-state index in [1.165, 1.54) is 30.3 Å². The molecular weight excluding hydrogens is 409 g/mol. The Bertz CT molecular complexity index is 900. The number of hydrogen-bond acceptors (Lipinski definition) is 4. The maximum atomic E-state index is 12.3. The molecule has 0 unspecified atom stereocenters. The van der Waals surface area contributed by atoms with Gasteiger partial charge in [-0.1, -0.05) is 40.9 Å². The van der Waals surface area contributed by atoms with Gasteiger partial charge in [-0.3, -0.25) is 4.72 Å². The average molecular weight is 423 g/mol. The van der Waals surface area contributed by atoms with E-state index in [1.54, 1.807) is 13.0 Å². The van der Waals surface area contributed by atoms with Gasteiger partial charge in [0, 0.05) is 5.69 Å². The summed E-state index contributed by atoms with van der Waals surface area (Å²) in [6.45, 7) is 1.85. The highest BCUT2D eigenvalue weighted by molar-refractivity contribution is 7.91. The molecule has 0 heterocycles. The molecule has 2 aromatic rings. The summed E-state index contributed by atoms with van der Waals surface area (Å²) in [5.74, 6) is -0.931. The fourth-order valence-corrected chi connectivity index (χ4v) is 3.71. The van der Waals surface area contributed by atoms with E-state index in [9.17, 15) is 13.2 Å². The van der Waals surface area contributed by atoms with Crippen LogP contribution in [0.15, 0.2) is 36.4 Å². The van der Waals surface area contributed by atoms with Crippen LogP contribution in [0.1, 0.15) is 22.8 Å². The van der Waals surface area contributed by atoms with Crippen LogP contribution in [-0.4, -0.2) is 21.0 Å². The summed E-state index contributed by atoms with van der Waals surface area (Å²) in [7, 11) is -3.73. The fraction of sp³-hybridized carbons (Fsp3) is 0.188. The molecule has 0 aliphatic heterocycles. The Morgan fingerprint density at radius 2 is 1.72 bits per heavy atom. The van der Waals surface area contributed by atoms with Crippen LogP contribution in [0.4, 0.5) is 5.69 Å². The van der Waals surface area contributed by atoms with E-state index < -0.39 is 16.0 Å². The van der Waals surface area contributed by atoms with Gasteiger partial charge in [0.25, 0.3) is 0 Å². The molecule has 1 N–H and O–H groups in total. The van der Waals surface area contributed by atoms with Crippen molar-refractivity contribution in [2.45, 2.75) is 12.7 Å². The second-order valence-corrected chi connectivity index (χ2v) is 7.97. The molecule has 2 rings (SSSR count). The predicted molar refractivity (Wildman–Crippen MR) is 100 cm³/mol. The summed E-state index contributed by atoms with van der Waals surface area (Å²) in [5, 5.41) is 0.781. The molecule has 25 heavy (non-hydrogen) atoms. The Morgan fingerprint density at radius 3 is 2.36 bits per heavy atom. The number of esters is 1. The number of carbonyl (C=O) groups excluding carboxylic acids is 1. The maximum Gasteiger partial charge on any atom is 0.339 e. The largest absolute Gasteiger partial charge is 0.462 e. The second kappa shape index (κ2) is 8.27. The Kier molecular flexibility index (Phi) is 6.57. The van der Waals surface area contributed by atoms with Crippen molar-refractivity contribution in [2.75, 3.05) is 11.3 Å². The molecule has 0 saturated heterocycles. The molecule has 2 aromatic carbocycles. The first kappa shape index (κ1) is 19.8. The lowest BCUT2D eigenvalue weighted by Crippen LogP contribution is -2.16. The van der Waals surface area contributed by atoms with Crippen LogP contribution in [0, 0.1) is 0 Å². The van der Waals surface area contributed by atoms with Gasteiger partial charge in [0.1, 0.15) is 0 Å². The Labute approximate surface area is 160 Å². The summed E-state index contributed by atoms with van der Waals surface area (Å²) in [6, 6.07) is 8.78. The third kappa shape index (κ3) is 5.51. The first-order valence-electron chi connectivity index (χ1n) is 7.13. The summed E-state index contributed by atoms with van der Waals surface area (Å²) < 4.78 is 31.9. The summed E-state index contributed by atoms with van der Waals surface area (Å²) in [6.07, 6.45) is 0. The van der Waals surface area contributed by atoms with Crippen LogP contribution in [0.3, 0.4) is 0 Å². The smallest absolute Gasteiger partial charge is 0.339 e. The van der Waals surface area contributed by atoms with Gasteiger partial charge in [-0.15, -0.1) is 0 Å². The van der Waals surface area contributed by atoms with Gasteiger partial charge >= 0.3 is 5.97 Å². The normalized spacial score (nSPS) is 11.2. The molecule has 0 radical (unpaired) electrons.